The first-order chi connectivity index (χ1) is 6.63. The molecule has 0 fully saturated rings. The minimum absolute atomic E-state index is 0.376. The Hall–Kier alpha value is -1.10. The highest BCUT2D eigenvalue weighted by atomic mass is 35.5. The Morgan fingerprint density at radius 3 is 2.57 bits per heavy atom. The van der Waals surface area contributed by atoms with Crippen LogP contribution in [0.5, 0.6) is 0 Å². The quantitative estimate of drug-likeness (QED) is 0.690. The number of nitrogens with one attached hydrogen (secondary N) is 1. The van der Waals surface area contributed by atoms with Gasteiger partial charge in [0.2, 0.25) is 5.91 Å². The number of carbonyl (C=O) groups excluding carboxylic acids is 1. The fourth-order valence-corrected chi connectivity index (χ4v) is 0.977. The first kappa shape index (κ1) is 11.0. The number of rotatable bonds is 3. The number of halogens is 1. The SMILES string of the molecule is N[C@@H](CO)C(=O)Nc1ccc(Cl)cc1. The van der Waals surface area contributed by atoms with Gasteiger partial charge in [-0.15, -0.1) is 0 Å². The molecule has 0 aliphatic heterocycles. The molecule has 5 heteroatoms. The Balaban J connectivity index is 2.60. The molecule has 1 rings (SSSR count). The molecule has 0 saturated heterocycles. The standard InChI is InChI=1S/C9H11ClN2O2/c10-6-1-3-7(4-2-6)12-9(14)8(11)5-13/h1-4,8,13H,5,11H2,(H,12,14)/t8-/m0/s1. The van der Waals surface area contributed by atoms with Gasteiger partial charge in [0.05, 0.1) is 6.61 Å². The number of amides is 1. The van der Waals surface area contributed by atoms with Gasteiger partial charge in [-0.25, -0.2) is 0 Å². The minimum Gasteiger partial charge on any atom is -0.394 e. The van der Waals surface area contributed by atoms with E-state index in [1.54, 1.807) is 24.3 Å². The molecule has 1 aromatic rings. The molecule has 1 amide bonds. The predicted molar refractivity (Wildman–Crippen MR) is 55.1 cm³/mol. The van der Waals surface area contributed by atoms with Gasteiger partial charge in [0.25, 0.3) is 0 Å². The van der Waals surface area contributed by atoms with Crippen molar-refractivity contribution in [1.82, 2.24) is 0 Å². The van der Waals surface area contributed by atoms with Crippen LogP contribution in [0.1, 0.15) is 0 Å². The van der Waals surface area contributed by atoms with Crippen molar-refractivity contribution in [2.45, 2.75) is 6.04 Å². The van der Waals surface area contributed by atoms with Crippen molar-refractivity contribution in [3.8, 4) is 0 Å². The fourth-order valence-electron chi connectivity index (χ4n) is 0.851. The maximum Gasteiger partial charge on any atom is 0.243 e. The van der Waals surface area contributed by atoms with Crippen LogP contribution in [0, 0.1) is 0 Å². The van der Waals surface area contributed by atoms with Crippen molar-refractivity contribution < 1.29 is 9.90 Å². The molecular formula is C9H11ClN2O2. The summed E-state index contributed by atoms with van der Waals surface area (Å²) in [7, 11) is 0. The van der Waals surface area contributed by atoms with Crippen molar-refractivity contribution in [3.63, 3.8) is 0 Å². The fraction of sp³-hybridized carbons (Fsp3) is 0.222. The first-order valence-corrected chi connectivity index (χ1v) is 4.44. The smallest absolute Gasteiger partial charge is 0.243 e. The van der Waals surface area contributed by atoms with Crippen LogP contribution in [0.4, 0.5) is 5.69 Å². The third kappa shape index (κ3) is 2.99. The largest absolute Gasteiger partial charge is 0.394 e. The van der Waals surface area contributed by atoms with Crippen molar-refractivity contribution in [2.75, 3.05) is 11.9 Å². The lowest BCUT2D eigenvalue weighted by atomic mass is 10.2. The molecule has 0 saturated carbocycles. The summed E-state index contributed by atoms with van der Waals surface area (Å²) in [6, 6.07) is 5.73. The van der Waals surface area contributed by atoms with E-state index >= 15 is 0 Å². The second kappa shape index (κ2) is 4.95. The zero-order valence-corrected chi connectivity index (χ0v) is 8.16. The van der Waals surface area contributed by atoms with Crippen LogP contribution in [-0.4, -0.2) is 23.7 Å². The summed E-state index contributed by atoms with van der Waals surface area (Å²) in [4.78, 5) is 11.2. The third-order valence-corrected chi connectivity index (χ3v) is 1.90. The van der Waals surface area contributed by atoms with Crippen LogP contribution < -0.4 is 11.1 Å². The number of nitrogens with two attached hydrogens (primary N) is 1. The molecule has 0 heterocycles. The van der Waals surface area contributed by atoms with Crippen molar-refractivity contribution in [2.24, 2.45) is 5.73 Å². The number of hydrogen-bond donors (Lipinski definition) is 3. The predicted octanol–water partition coefficient (Wildman–Crippen LogP) is 0.598. The summed E-state index contributed by atoms with van der Waals surface area (Å²) >= 11 is 5.66. The summed E-state index contributed by atoms with van der Waals surface area (Å²) in [6.45, 7) is -0.376. The second-order valence-corrected chi connectivity index (χ2v) is 3.22. The van der Waals surface area contributed by atoms with Crippen LogP contribution in [0.25, 0.3) is 0 Å². The number of aliphatic hydroxyl groups is 1. The number of anilines is 1. The maximum absolute atomic E-state index is 11.2. The van der Waals surface area contributed by atoms with Gasteiger partial charge in [-0.3, -0.25) is 4.79 Å². The molecular weight excluding hydrogens is 204 g/mol. The summed E-state index contributed by atoms with van der Waals surface area (Å²) in [5.41, 5.74) is 5.91. The summed E-state index contributed by atoms with van der Waals surface area (Å²) < 4.78 is 0. The van der Waals surface area contributed by atoms with E-state index in [1.165, 1.54) is 0 Å². The zero-order valence-electron chi connectivity index (χ0n) is 7.40. The van der Waals surface area contributed by atoms with Gasteiger partial charge in [0.1, 0.15) is 6.04 Å². The molecule has 0 aliphatic carbocycles. The van der Waals surface area contributed by atoms with E-state index in [0.717, 1.165) is 0 Å². The Morgan fingerprint density at radius 1 is 1.50 bits per heavy atom. The highest BCUT2D eigenvalue weighted by molar-refractivity contribution is 6.30. The Kier molecular flexibility index (Phi) is 3.88. The van der Waals surface area contributed by atoms with E-state index in [1.807, 2.05) is 0 Å². The number of hydrogen-bond acceptors (Lipinski definition) is 3. The van der Waals surface area contributed by atoms with E-state index in [2.05, 4.69) is 5.32 Å². The summed E-state index contributed by atoms with van der Waals surface area (Å²) in [5, 5.41) is 11.7. The molecule has 14 heavy (non-hydrogen) atoms. The molecule has 0 aliphatic rings. The van der Waals surface area contributed by atoms with Crippen LogP contribution in [-0.2, 0) is 4.79 Å². The van der Waals surface area contributed by atoms with Gasteiger partial charge in [-0.1, -0.05) is 11.6 Å². The lowest BCUT2D eigenvalue weighted by Gasteiger charge is -2.09. The highest BCUT2D eigenvalue weighted by Gasteiger charge is 2.11. The lowest BCUT2D eigenvalue weighted by molar-refractivity contribution is -0.118. The van der Waals surface area contributed by atoms with Gasteiger partial charge >= 0.3 is 0 Å². The van der Waals surface area contributed by atoms with Crippen LogP contribution >= 0.6 is 11.6 Å². The number of benzene rings is 1. The van der Waals surface area contributed by atoms with Crippen LogP contribution in [0.2, 0.25) is 5.02 Å². The van der Waals surface area contributed by atoms with E-state index < -0.39 is 11.9 Å². The zero-order chi connectivity index (χ0) is 10.6. The minimum atomic E-state index is -0.898. The number of carbonyl (C=O) groups is 1. The van der Waals surface area contributed by atoms with Gasteiger partial charge in [0.15, 0.2) is 0 Å². The second-order valence-electron chi connectivity index (χ2n) is 2.79. The Morgan fingerprint density at radius 2 is 2.07 bits per heavy atom. The van der Waals surface area contributed by atoms with Crippen molar-refractivity contribution in [1.29, 1.82) is 0 Å². The molecule has 0 aromatic heterocycles. The topological polar surface area (TPSA) is 75.3 Å². The molecule has 4 N–H and O–H groups in total. The van der Waals surface area contributed by atoms with Crippen LogP contribution in [0.3, 0.4) is 0 Å². The van der Waals surface area contributed by atoms with Crippen molar-refractivity contribution >= 4 is 23.2 Å². The maximum atomic E-state index is 11.2. The third-order valence-electron chi connectivity index (χ3n) is 1.65. The monoisotopic (exact) mass is 214 g/mol. The summed E-state index contributed by atoms with van der Waals surface area (Å²) in [5.74, 6) is -0.421. The van der Waals surface area contributed by atoms with Gasteiger partial charge < -0.3 is 16.2 Å². The molecule has 0 unspecified atom stereocenters. The average Bonchev–Trinajstić information content (AvgIpc) is 2.20. The lowest BCUT2D eigenvalue weighted by Crippen LogP contribution is -2.38. The normalized spacial score (nSPS) is 12.2. The molecule has 1 aromatic carbocycles. The van der Waals surface area contributed by atoms with Gasteiger partial charge in [-0.2, -0.15) is 0 Å². The molecule has 4 nitrogen and oxygen atoms in total. The number of aliphatic hydroxyl groups excluding tert-OH is 1. The van der Waals surface area contributed by atoms with Crippen molar-refractivity contribution in [3.05, 3.63) is 29.3 Å². The summed E-state index contributed by atoms with van der Waals surface area (Å²) in [6.07, 6.45) is 0. The van der Waals surface area contributed by atoms with Gasteiger partial charge in [0, 0.05) is 10.7 Å². The van der Waals surface area contributed by atoms with E-state index in [0.29, 0.717) is 10.7 Å². The van der Waals surface area contributed by atoms with Gasteiger partial charge in [-0.05, 0) is 24.3 Å². The average molecular weight is 215 g/mol. The van der Waals surface area contributed by atoms with E-state index in [4.69, 9.17) is 22.4 Å². The molecule has 1 atom stereocenters. The van der Waals surface area contributed by atoms with E-state index in [-0.39, 0.29) is 6.61 Å². The molecule has 0 spiro atoms. The Bertz CT molecular complexity index is 313. The van der Waals surface area contributed by atoms with Crippen LogP contribution in [0.15, 0.2) is 24.3 Å². The molecule has 76 valence electrons. The highest BCUT2D eigenvalue weighted by Crippen LogP contribution is 2.13. The Labute approximate surface area is 86.7 Å². The van der Waals surface area contributed by atoms with E-state index in [9.17, 15) is 4.79 Å². The molecule has 0 bridgehead atoms. The first-order valence-electron chi connectivity index (χ1n) is 4.06. The molecule has 0 radical (unpaired) electrons.